The fourth-order valence-electron chi connectivity index (χ4n) is 2.35. The molecule has 1 N–H and O–H groups in total. The molecule has 0 aromatic rings. The van der Waals surface area contributed by atoms with Crippen LogP contribution in [0.2, 0.25) is 0 Å². The van der Waals surface area contributed by atoms with Gasteiger partial charge in [-0.25, -0.2) is 0 Å². The van der Waals surface area contributed by atoms with Gasteiger partial charge in [-0.2, -0.15) is 0 Å². The average Bonchev–Trinajstić information content (AvgIpc) is 2.04. The molecule has 0 radical (unpaired) electrons. The fraction of sp³-hybridized carbons (Fsp3) is 0.667. The van der Waals surface area contributed by atoms with Gasteiger partial charge in [-0.05, 0) is 32.6 Å². The van der Waals surface area contributed by atoms with Gasteiger partial charge in [0.15, 0.2) is 0 Å². The predicted molar refractivity (Wildman–Crippen MR) is 56.5 cm³/mol. The van der Waals surface area contributed by atoms with E-state index in [0.29, 0.717) is 5.92 Å². The minimum absolute atomic E-state index is 0.0977. The zero-order valence-electron chi connectivity index (χ0n) is 8.88. The summed E-state index contributed by atoms with van der Waals surface area (Å²) in [5, 5.41) is 9.78. The molecule has 1 aliphatic carbocycles. The monoisotopic (exact) mass is 180 g/mol. The van der Waals surface area contributed by atoms with Crippen LogP contribution in [-0.4, -0.2) is 11.2 Å². The standard InChI is InChI=1S/C12H20O/c1-5-12(11(4)13)7-6-9(2)8-10(12)3/h5,8,10-11,13H,1,6-7H2,2-4H3. The Labute approximate surface area is 81.2 Å². The summed E-state index contributed by atoms with van der Waals surface area (Å²) in [6.07, 6.45) is 6.01. The molecule has 0 fully saturated rings. The highest BCUT2D eigenvalue weighted by atomic mass is 16.3. The van der Waals surface area contributed by atoms with Crippen LogP contribution >= 0.6 is 0 Å². The van der Waals surface area contributed by atoms with E-state index in [2.05, 4.69) is 26.5 Å². The third-order valence-corrected chi connectivity index (χ3v) is 3.49. The maximum atomic E-state index is 9.78. The minimum Gasteiger partial charge on any atom is -0.392 e. The van der Waals surface area contributed by atoms with Crippen molar-refractivity contribution in [2.24, 2.45) is 11.3 Å². The van der Waals surface area contributed by atoms with E-state index in [-0.39, 0.29) is 11.5 Å². The van der Waals surface area contributed by atoms with Gasteiger partial charge in [-0.3, -0.25) is 0 Å². The molecule has 0 bridgehead atoms. The molecular formula is C12H20O. The summed E-state index contributed by atoms with van der Waals surface area (Å²) in [5.74, 6) is 0.402. The van der Waals surface area contributed by atoms with E-state index in [0.717, 1.165) is 12.8 Å². The van der Waals surface area contributed by atoms with E-state index in [9.17, 15) is 5.11 Å². The zero-order valence-corrected chi connectivity index (χ0v) is 8.88. The summed E-state index contributed by atoms with van der Waals surface area (Å²) in [4.78, 5) is 0. The van der Waals surface area contributed by atoms with E-state index in [4.69, 9.17) is 0 Å². The van der Waals surface area contributed by atoms with E-state index >= 15 is 0 Å². The SMILES string of the molecule is C=CC1(C(C)O)CCC(C)=CC1C. The topological polar surface area (TPSA) is 20.2 Å². The summed E-state index contributed by atoms with van der Waals surface area (Å²) < 4.78 is 0. The van der Waals surface area contributed by atoms with Crippen LogP contribution in [0.5, 0.6) is 0 Å². The van der Waals surface area contributed by atoms with Crippen LogP contribution < -0.4 is 0 Å². The number of aliphatic hydroxyl groups is 1. The largest absolute Gasteiger partial charge is 0.392 e. The van der Waals surface area contributed by atoms with Crippen molar-refractivity contribution in [3.05, 3.63) is 24.3 Å². The van der Waals surface area contributed by atoms with Crippen LogP contribution in [0, 0.1) is 11.3 Å². The number of allylic oxidation sites excluding steroid dienone is 2. The summed E-state index contributed by atoms with van der Waals surface area (Å²) in [5.41, 5.74) is 1.34. The number of rotatable bonds is 2. The van der Waals surface area contributed by atoms with Crippen LogP contribution in [-0.2, 0) is 0 Å². The zero-order chi connectivity index (χ0) is 10.1. The molecule has 1 aliphatic rings. The molecule has 0 aromatic heterocycles. The molecule has 1 nitrogen and oxygen atoms in total. The molecule has 0 aromatic carbocycles. The second kappa shape index (κ2) is 3.67. The van der Waals surface area contributed by atoms with Gasteiger partial charge in [0.1, 0.15) is 0 Å². The van der Waals surface area contributed by atoms with Gasteiger partial charge in [0.05, 0.1) is 6.10 Å². The van der Waals surface area contributed by atoms with Gasteiger partial charge in [0.2, 0.25) is 0 Å². The lowest BCUT2D eigenvalue weighted by atomic mass is 9.65. The van der Waals surface area contributed by atoms with Gasteiger partial charge >= 0.3 is 0 Å². The normalized spacial score (nSPS) is 36.6. The molecular weight excluding hydrogens is 160 g/mol. The smallest absolute Gasteiger partial charge is 0.0608 e. The van der Waals surface area contributed by atoms with E-state index < -0.39 is 0 Å². The number of aliphatic hydroxyl groups excluding tert-OH is 1. The lowest BCUT2D eigenvalue weighted by Crippen LogP contribution is -2.38. The molecule has 3 unspecified atom stereocenters. The first kappa shape index (κ1) is 10.5. The quantitative estimate of drug-likeness (QED) is 0.648. The van der Waals surface area contributed by atoms with Gasteiger partial charge < -0.3 is 5.11 Å². The molecule has 0 saturated heterocycles. The van der Waals surface area contributed by atoms with E-state index in [1.807, 2.05) is 13.0 Å². The van der Waals surface area contributed by atoms with Crippen molar-refractivity contribution in [2.45, 2.75) is 39.7 Å². The average molecular weight is 180 g/mol. The summed E-state index contributed by atoms with van der Waals surface area (Å²) in [6, 6.07) is 0. The number of hydrogen-bond donors (Lipinski definition) is 1. The van der Waals surface area contributed by atoms with Gasteiger partial charge in [-0.15, -0.1) is 6.58 Å². The second-order valence-electron chi connectivity index (χ2n) is 4.29. The third-order valence-electron chi connectivity index (χ3n) is 3.49. The Hall–Kier alpha value is -0.560. The van der Waals surface area contributed by atoms with Crippen molar-refractivity contribution < 1.29 is 5.11 Å². The molecule has 1 rings (SSSR count). The molecule has 13 heavy (non-hydrogen) atoms. The Morgan fingerprint density at radius 1 is 1.77 bits per heavy atom. The Morgan fingerprint density at radius 3 is 2.77 bits per heavy atom. The highest BCUT2D eigenvalue weighted by molar-refractivity contribution is 5.16. The van der Waals surface area contributed by atoms with Crippen molar-refractivity contribution in [3.63, 3.8) is 0 Å². The van der Waals surface area contributed by atoms with Crippen LogP contribution in [0.25, 0.3) is 0 Å². The van der Waals surface area contributed by atoms with Crippen LogP contribution in [0.15, 0.2) is 24.3 Å². The molecule has 0 spiro atoms. The molecule has 74 valence electrons. The number of hydrogen-bond acceptors (Lipinski definition) is 1. The molecule has 1 heteroatoms. The van der Waals surface area contributed by atoms with Gasteiger partial charge in [0.25, 0.3) is 0 Å². The Morgan fingerprint density at radius 2 is 2.38 bits per heavy atom. The molecule has 0 amide bonds. The maximum absolute atomic E-state index is 9.78. The van der Waals surface area contributed by atoms with E-state index in [1.54, 1.807) is 0 Å². The van der Waals surface area contributed by atoms with Crippen molar-refractivity contribution >= 4 is 0 Å². The first-order valence-corrected chi connectivity index (χ1v) is 5.02. The third kappa shape index (κ3) is 1.71. The minimum atomic E-state index is -0.302. The predicted octanol–water partition coefficient (Wildman–Crippen LogP) is 2.92. The Kier molecular flexibility index (Phi) is 2.97. The molecule has 0 aliphatic heterocycles. The lowest BCUT2D eigenvalue weighted by Gasteiger charge is -2.41. The highest BCUT2D eigenvalue weighted by Gasteiger charge is 2.38. The van der Waals surface area contributed by atoms with Crippen LogP contribution in [0.1, 0.15) is 33.6 Å². The van der Waals surface area contributed by atoms with Gasteiger partial charge in [-0.1, -0.05) is 24.6 Å². The maximum Gasteiger partial charge on any atom is 0.0608 e. The summed E-state index contributed by atoms with van der Waals surface area (Å²) in [7, 11) is 0. The summed E-state index contributed by atoms with van der Waals surface area (Å²) >= 11 is 0. The van der Waals surface area contributed by atoms with Crippen molar-refractivity contribution in [1.29, 1.82) is 0 Å². The van der Waals surface area contributed by atoms with Crippen LogP contribution in [0.4, 0.5) is 0 Å². The summed E-state index contributed by atoms with van der Waals surface area (Å²) in [6.45, 7) is 10.1. The van der Waals surface area contributed by atoms with Crippen LogP contribution in [0.3, 0.4) is 0 Å². The molecule has 3 atom stereocenters. The second-order valence-corrected chi connectivity index (χ2v) is 4.29. The molecule has 0 heterocycles. The highest BCUT2D eigenvalue weighted by Crippen LogP contribution is 2.43. The molecule has 0 saturated carbocycles. The first-order valence-electron chi connectivity index (χ1n) is 5.02. The van der Waals surface area contributed by atoms with Crippen molar-refractivity contribution in [3.8, 4) is 0 Å². The van der Waals surface area contributed by atoms with E-state index in [1.165, 1.54) is 5.57 Å². The Bertz CT molecular complexity index is 227. The van der Waals surface area contributed by atoms with Gasteiger partial charge in [0, 0.05) is 5.41 Å². The lowest BCUT2D eigenvalue weighted by molar-refractivity contribution is 0.0380. The first-order chi connectivity index (χ1) is 6.03. The van der Waals surface area contributed by atoms with Crippen molar-refractivity contribution in [2.75, 3.05) is 0 Å². The fourth-order valence-corrected chi connectivity index (χ4v) is 2.35. The Balaban J connectivity index is 2.96. The van der Waals surface area contributed by atoms with Crippen molar-refractivity contribution in [1.82, 2.24) is 0 Å².